The number of aromatic nitrogens is 1. The summed E-state index contributed by atoms with van der Waals surface area (Å²) in [5.41, 5.74) is 5.72. The zero-order valence-electron chi connectivity index (χ0n) is 14.7. The van der Waals surface area contributed by atoms with E-state index in [4.69, 9.17) is 11.6 Å². The molecule has 0 saturated heterocycles. The first kappa shape index (κ1) is 16.1. The molecule has 1 aromatic heterocycles. The Hall–Kier alpha value is -3.11. The summed E-state index contributed by atoms with van der Waals surface area (Å²) >= 11 is 6.05. The first-order valence-electron chi connectivity index (χ1n) is 8.73. The summed E-state index contributed by atoms with van der Waals surface area (Å²) in [6.45, 7) is 0.636. The van der Waals surface area contributed by atoms with Crippen LogP contribution in [0.4, 0.5) is 11.5 Å². The highest BCUT2D eigenvalue weighted by Gasteiger charge is 2.35. The molecular formula is C22H16ClN3O. The Balaban J connectivity index is 1.74. The fourth-order valence-electron chi connectivity index (χ4n) is 3.78. The lowest BCUT2D eigenvalue weighted by Crippen LogP contribution is -2.19. The lowest BCUT2D eigenvalue weighted by Gasteiger charge is -2.26. The third-order valence-corrected chi connectivity index (χ3v) is 5.36. The van der Waals surface area contributed by atoms with E-state index >= 15 is 0 Å². The van der Waals surface area contributed by atoms with Gasteiger partial charge in [0, 0.05) is 35.9 Å². The SMILES string of the molecule is CN1C(=O)c2cccc3c2C1=Cc1cccnc1N3Cc1ccc(Cl)cc1. The smallest absolute Gasteiger partial charge is 0.258 e. The molecule has 0 fully saturated rings. The van der Waals surface area contributed by atoms with Crippen LogP contribution in [0.1, 0.15) is 27.0 Å². The Morgan fingerprint density at radius 1 is 1.04 bits per heavy atom. The van der Waals surface area contributed by atoms with E-state index in [2.05, 4.69) is 22.0 Å². The molecule has 0 bridgehead atoms. The highest BCUT2D eigenvalue weighted by molar-refractivity contribution is 6.30. The average molecular weight is 374 g/mol. The maximum Gasteiger partial charge on any atom is 0.258 e. The van der Waals surface area contributed by atoms with Crippen LogP contribution in [0, 0.1) is 0 Å². The molecule has 1 amide bonds. The van der Waals surface area contributed by atoms with E-state index in [1.165, 1.54) is 0 Å². The Bertz CT molecular complexity index is 1100. The quantitative estimate of drug-likeness (QED) is 0.636. The van der Waals surface area contributed by atoms with Crippen LogP contribution in [0.5, 0.6) is 0 Å². The molecule has 3 heterocycles. The molecular weight excluding hydrogens is 358 g/mol. The third-order valence-electron chi connectivity index (χ3n) is 5.10. The van der Waals surface area contributed by atoms with Crippen LogP contribution in [0.3, 0.4) is 0 Å². The molecule has 0 unspecified atom stereocenters. The van der Waals surface area contributed by atoms with E-state index in [0.29, 0.717) is 11.6 Å². The van der Waals surface area contributed by atoms with Gasteiger partial charge < -0.3 is 9.80 Å². The van der Waals surface area contributed by atoms with Gasteiger partial charge in [0.25, 0.3) is 5.91 Å². The van der Waals surface area contributed by atoms with Crippen LogP contribution in [-0.4, -0.2) is 22.8 Å². The first-order valence-corrected chi connectivity index (χ1v) is 9.11. The van der Waals surface area contributed by atoms with Gasteiger partial charge in [-0.1, -0.05) is 29.8 Å². The summed E-state index contributed by atoms with van der Waals surface area (Å²) in [5, 5.41) is 0.713. The number of fused-ring (bicyclic) bond motifs is 1. The number of halogens is 1. The molecule has 0 radical (unpaired) electrons. The molecule has 0 N–H and O–H groups in total. The van der Waals surface area contributed by atoms with Crippen LogP contribution in [0.25, 0.3) is 11.8 Å². The topological polar surface area (TPSA) is 36.4 Å². The molecule has 27 heavy (non-hydrogen) atoms. The van der Waals surface area contributed by atoms with Crippen LogP contribution in [0.2, 0.25) is 5.02 Å². The van der Waals surface area contributed by atoms with Crippen molar-refractivity contribution in [3.8, 4) is 0 Å². The van der Waals surface area contributed by atoms with Gasteiger partial charge in [-0.05, 0) is 48.0 Å². The molecule has 0 saturated carbocycles. The molecule has 0 aliphatic carbocycles. The summed E-state index contributed by atoms with van der Waals surface area (Å²) in [7, 11) is 1.82. The second-order valence-electron chi connectivity index (χ2n) is 6.72. The molecule has 4 nitrogen and oxygen atoms in total. The van der Waals surface area contributed by atoms with Gasteiger partial charge in [0.05, 0.1) is 16.9 Å². The maximum absolute atomic E-state index is 12.7. The zero-order chi connectivity index (χ0) is 18.5. The number of nitrogens with zero attached hydrogens (tertiary/aromatic N) is 3. The van der Waals surface area contributed by atoms with Gasteiger partial charge in [-0.2, -0.15) is 0 Å². The summed E-state index contributed by atoms with van der Waals surface area (Å²) in [5.74, 6) is 0.903. The Morgan fingerprint density at radius 2 is 1.85 bits per heavy atom. The Morgan fingerprint density at radius 3 is 2.67 bits per heavy atom. The van der Waals surface area contributed by atoms with E-state index < -0.39 is 0 Å². The van der Waals surface area contributed by atoms with Crippen molar-refractivity contribution >= 4 is 40.8 Å². The number of rotatable bonds is 2. The number of hydrogen-bond acceptors (Lipinski definition) is 3. The molecule has 2 aliphatic heterocycles. The van der Waals surface area contributed by atoms with Crippen molar-refractivity contribution in [1.29, 1.82) is 0 Å². The number of pyridine rings is 1. The normalized spacial score (nSPS) is 14.6. The van der Waals surface area contributed by atoms with Crippen LogP contribution >= 0.6 is 11.6 Å². The highest BCUT2D eigenvalue weighted by atomic mass is 35.5. The molecule has 5 rings (SSSR count). The van der Waals surface area contributed by atoms with Crippen molar-refractivity contribution in [3.05, 3.63) is 88.1 Å². The van der Waals surface area contributed by atoms with Crippen molar-refractivity contribution in [2.45, 2.75) is 6.54 Å². The standard InChI is InChI=1S/C22H16ClN3O/c1-25-19-12-15-4-3-11-24-21(15)26(13-14-7-9-16(23)10-8-14)18-6-2-5-17(20(18)19)22(25)27/h2-12H,13H2,1H3. The predicted octanol–water partition coefficient (Wildman–Crippen LogP) is 4.97. The molecule has 0 spiro atoms. The average Bonchev–Trinajstić information content (AvgIpc) is 2.85. The number of benzene rings is 2. The number of carbonyl (C=O) groups is 1. The highest BCUT2D eigenvalue weighted by Crippen LogP contribution is 2.45. The monoisotopic (exact) mass is 373 g/mol. The minimum atomic E-state index is 0.0249. The van der Waals surface area contributed by atoms with E-state index in [9.17, 15) is 4.79 Å². The molecule has 2 aliphatic rings. The van der Waals surface area contributed by atoms with Gasteiger partial charge in [-0.25, -0.2) is 4.98 Å². The van der Waals surface area contributed by atoms with Gasteiger partial charge in [-0.15, -0.1) is 0 Å². The maximum atomic E-state index is 12.7. The van der Waals surface area contributed by atoms with Crippen molar-refractivity contribution in [2.24, 2.45) is 0 Å². The summed E-state index contributed by atoms with van der Waals surface area (Å²) < 4.78 is 0. The summed E-state index contributed by atoms with van der Waals surface area (Å²) in [4.78, 5) is 21.3. The third kappa shape index (κ3) is 2.45. The van der Waals surface area contributed by atoms with Gasteiger partial charge in [0.2, 0.25) is 0 Å². The predicted molar refractivity (Wildman–Crippen MR) is 108 cm³/mol. The van der Waals surface area contributed by atoms with Crippen LogP contribution < -0.4 is 4.90 Å². The van der Waals surface area contributed by atoms with E-state index in [-0.39, 0.29) is 5.91 Å². The van der Waals surface area contributed by atoms with Crippen LogP contribution in [0.15, 0.2) is 60.8 Å². The Kier molecular flexibility index (Phi) is 3.55. The summed E-state index contributed by atoms with van der Waals surface area (Å²) in [6, 6.07) is 17.7. The second kappa shape index (κ2) is 5.96. The van der Waals surface area contributed by atoms with Gasteiger partial charge in [0.15, 0.2) is 0 Å². The second-order valence-corrected chi connectivity index (χ2v) is 7.16. The van der Waals surface area contributed by atoms with E-state index in [1.54, 1.807) is 11.1 Å². The number of hydrogen-bond donors (Lipinski definition) is 0. The summed E-state index contributed by atoms with van der Waals surface area (Å²) in [6.07, 6.45) is 3.86. The fourth-order valence-corrected chi connectivity index (χ4v) is 3.91. The van der Waals surface area contributed by atoms with Crippen LogP contribution in [-0.2, 0) is 6.54 Å². The lowest BCUT2D eigenvalue weighted by atomic mass is 10.0. The van der Waals surface area contributed by atoms with Crippen molar-refractivity contribution in [3.63, 3.8) is 0 Å². The van der Waals surface area contributed by atoms with Gasteiger partial charge >= 0.3 is 0 Å². The first-order chi connectivity index (χ1) is 13.1. The number of amides is 1. The molecule has 0 atom stereocenters. The fraction of sp³-hybridized carbons (Fsp3) is 0.0909. The van der Waals surface area contributed by atoms with Crippen molar-refractivity contribution in [2.75, 3.05) is 11.9 Å². The van der Waals surface area contributed by atoms with E-state index in [0.717, 1.165) is 39.5 Å². The van der Waals surface area contributed by atoms with Gasteiger partial charge in [-0.3, -0.25) is 4.79 Å². The Labute approximate surface area is 162 Å². The minimum absolute atomic E-state index is 0.0249. The largest absolute Gasteiger partial charge is 0.321 e. The van der Waals surface area contributed by atoms with Gasteiger partial charge in [0.1, 0.15) is 5.82 Å². The minimum Gasteiger partial charge on any atom is -0.321 e. The molecule has 2 aromatic carbocycles. The number of anilines is 2. The van der Waals surface area contributed by atoms with Crippen molar-refractivity contribution < 1.29 is 4.79 Å². The molecule has 3 aromatic rings. The number of carbonyl (C=O) groups excluding carboxylic acids is 1. The lowest BCUT2D eigenvalue weighted by molar-refractivity contribution is 0.0875. The molecule has 132 valence electrons. The molecule has 5 heteroatoms. The zero-order valence-corrected chi connectivity index (χ0v) is 15.4. The van der Waals surface area contributed by atoms with E-state index in [1.807, 2.05) is 55.6 Å². The van der Waals surface area contributed by atoms with Crippen molar-refractivity contribution in [1.82, 2.24) is 9.88 Å².